The number of carbonyl (C=O) groups is 1. The fourth-order valence-corrected chi connectivity index (χ4v) is 3.41. The molecule has 148 valence electrons. The van der Waals surface area contributed by atoms with Crippen molar-refractivity contribution in [2.75, 3.05) is 25.8 Å². The smallest absolute Gasteiger partial charge is 0.253 e. The van der Waals surface area contributed by atoms with Gasteiger partial charge < -0.3 is 14.8 Å². The normalized spacial score (nSPS) is 10.9. The third-order valence-electron chi connectivity index (χ3n) is 4.30. The van der Waals surface area contributed by atoms with E-state index in [1.807, 2.05) is 20.1 Å². The molecule has 3 aromatic rings. The van der Waals surface area contributed by atoms with Gasteiger partial charge in [-0.2, -0.15) is 4.98 Å². The van der Waals surface area contributed by atoms with Crippen molar-refractivity contribution in [2.24, 2.45) is 0 Å². The van der Waals surface area contributed by atoms with Gasteiger partial charge in [0.25, 0.3) is 5.78 Å². The molecule has 0 aliphatic heterocycles. The molecule has 0 saturated heterocycles. The van der Waals surface area contributed by atoms with Crippen LogP contribution in [0.25, 0.3) is 5.78 Å². The molecule has 2 heterocycles. The second kappa shape index (κ2) is 8.24. The molecule has 0 bridgehead atoms. The molecule has 0 radical (unpaired) electrons. The molecule has 3 rings (SSSR count). The minimum atomic E-state index is -0.222. The van der Waals surface area contributed by atoms with Crippen molar-refractivity contribution in [2.45, 2.75) is 25.4 Å². The number of aryl methyl sites for hydroxylation is 2. The Labute approximate surface area is 171 Å². The molecule has 0 aliphatic carbocycles. The summed E-state index contributed by atoms with van der Waals surface area (Å²) in [7, 11) is 3.02. The van der Waals surface area contributed by atoms with Crippen LogP contribution in [0, 0.1) is 13.8 Å². The van der Waals surface area contributed by atoms with Crippen molar-refractivity contribution in [1.82, 2.24) is 19.6 Å². The molecule has 0 atom stereocenters. The zero-order valence-electron chi connectivity index (χ0n) is 16.2. The molecule has 1 N–H and O–H groups in total. The Kier molecular flexibility index (Phi) is 5.95. The van der Waals surface area contributed by atoms with E-state index in [4.69, 9.17) is 21.1 Å². The van der Waals surface area contributed by atoms with E-state index in [0.717, 1.165) is 17.0 Å². The first-order valence-electron chi connectivity index (χ1n) is 8.36. The van der Waals surface area contributed by atoms with Gasteiger partial charge >= 0.3 is 0 Å². The van der Waals surface area contributed by atoms with Gasteiger partial charge in [0.1, 0.15) is 11.5 Å². The Morgan fingerprint density at radius 3 is 2.57 bits per heavy atom. The highest BCUT2D eigenvalue weighted by atomic mass is 35.5. The first-order chi connectivity index (χ1) is 13.4. The maximum Gasteiger partial charge on any atom is 0.253 e. The Morgan fingerprint density at radius 2 is 1.93 bits per heavy atom. The largest absolute Gasteiger partial charge is 0.495 e. The third-order valence-corrected chi connectivity index (χ3v) is 5.13. The number of fused-ring (bicyclic) bond motifs is 1. The first-order valence-corrected chi connectivity index (χ1v) is 9.96. The lowest BCUT2D eigenvalue weighted by Crippen LogP contribution is -2.18. The van der Waals surface area contributed by atoms with Crippen molar-refractivity contribution in [3.8, 4) is 11.5 Å². The average molecular weight is 422 g/mol. The topological polar surface area (TPSA) is 90.6 Å². The molecular weight excluding hydrogens is 402 g/mol. The van der Waals surface area contributed by atoms with E-state index in [2.05, 4.69) is 20.4 Å². The number of nitrogens with one attached hydrogen (secondary N) is 1. The lowest BCUT2D eigenvalue weighted by Gasteiger charge is -2.14. The maximum absolute atomic E-state index is 12.7. The molecular formula is C18H20ClN5O3S. The number of aromatic nitrogens is 4. The summed E-state index contributed by atoms with van der Waals surface area (Å²) in [6.07, 6.45) is 2.03. The minimum absolute atomic E-state index is 0.128. The number of amides is 1. The van der Waals surface area contributed by atoms with Gasteiger partial charge in [-0.05, 0) is 20.1 Å². The summed E-state index contributed by atoms with van der Waals surface area (Å²) in [5.74, 6) is 1.19. The van der Waals surface area contributed by atoms with Crippen molar-refractivity contribution in [3.63, 3.8) is 0 Å². The number of hydrogen-bond donors (Lipinski definition) is 1. The number of nitrogens with zero attached hydrogens (tertiary/aromatic N) is 4. The number of halogens is 1. The van der Waals surface area contributed by atoms with Gasteiger partial charge in [0, 0.05) is 29.1 Å². The Balaban J connectivity index is 1.90. The Hall–Kier alpha value is -2.52. The van der Waals surface area contributed by atoms with Crippen molar-refractivity contribution >= 4 is 40.7 Å². The molecule has 0 spiro atoms. The van der Waals surface area contributed by atoms with Crippen LogP contribution in [0.5, 0.6) is 11.5 Å². The van der Waals surface area contributed by atoms with E-state index in [1.165, 1.54) is 26.0 Å². The summed E-state index contributed by atoms with van der Waals surface area (Å²) in [6.45, 7) is 3.75. The second-order valence-electron chi connectivity index (χ2n) is 5.98. The summed E-state index contributed by atoms with van der Waals surface area (Å²) in [6, 6.07) is 3.22. The maximum atomic E-state index is 12.7. The predicted octanol–water partition coefficient (Wildman–Crippen LogP) is 3.31. The zero-order valence-corrected chi connectivity index (χ0v) is 17.7. The summed E-state index contributed by atoms with van der Waals surface area (Å²) in [5.41, 5.74) is 2.83. The van der Waals surface area contributed by atoms with E-state index in [9.17, 15) is 4.79 Å². The minimum Gasteiger partial charge on any atom is -0.495 e. The molecule has 0 aliphatic rings. The van der Waals surface area contributed by atoms with Gasteiger partial charge in [0.2, 0.25) is 11.1 Å². The van der Waals surface area contributed by atoms with Crippen LogP contribution in [0.2, 0.25) is 5.02 Å². The molecule has 2 aromatic heterocycles. The average Bonchev–Trinajstić information content (AvgIpc) is 3.09. The van der Waals surface area contributed by atoms with Crippen LogP contribution in [0.4, 0.5) is 5.69 Å². The quantitative estimate of drug-likeness (QED) is 0.610. The molecule has 1 amide bonds. The third kappa shape index (κ3) is 3.85. The number of hydrogen-bond acceptors (Lipinski definition) is 7. The summed E-state index contributed by atoms with van der Waals surface area (Å²) < 4.78 is 12.2. The van der Waals surface area contributed by atoms with Crippen LogP contribution < -0.4 is 14.8 Å². The highest BCUT2D eigenvalue weighted by molar-refractivity contribution is 7.98. The summed E-state index contributed by atoms with van der Waals surface area (Å²) in [5, 5.41) is 8.29. The monoisotopic (exact) mass is 421 g/mol. The van der Waals surface area contributed by atoms with Gasteiger partial charge in [-0.25, -0.2) is 9.50 Å². The SMILES string of the molecule is COc1cc(NC(=O)Cc2c(C)nc3nc(SC)nn3c2C)c(OC)cc1Cl. The fourth-order valence-electron chi connectivity index (χ4n) is 2.85. The first kappa shape index (κ1) is 20.2. The van der Waals surface area contributed by atoms with Gasteiger partial charge in [0.15, 0.2) is 0 Å². The Bertz CT molecular complexity index is 1050. The van der Waals surface area contributed by atoms with E-state index < -0.39 is 0 Å². The molecule has 0 fully saturated rings. The molecule has 28 heavy (non-hydrogen) atoms. The van der Waals surface area contributed by atoms with Gasteiger partial charge in [-0.1, -0.05) is 23.4 Å². The van der Waals surface area contributed by atoms with E-state index in [0.29, 0.717) is 33.1 Å². The molecule has 8 nitrogen and oxygen atoms in total. The highest BCUT2D eigenvalue weighted by Crippen LogP contribution is 2.36. The van der Waals surface area contributed by atoms with Crippen LogP contribution in [-0.2, 0) is 11.2 Å². The highest BCUT2D eigenvalue weighted by Gasteiger charge is 2.18. The predicted molar refractivity (Wildman–Crippen MR) is 109 cm³/mol. The number of carbonyl (C=O) groups excluding carboxylic acids is 1. The number of anilines is 1. The van der Waals surface area contributed by atoms with E-state index in [1.54, 1.807) is 16.6 Å². The van der Waals surface area contributed by atoms with Crippen molar-refractivity contribution < 1.29 is 14.3 Å². The Morgan fingerprint density at radius 1 is 1.21 bits per heavy atom. The van der Waals surface area contributed by atoms with E-state index in [-0.39, 0.29) is 12.3 Å². The van der Waals surface area contributed by atoms with Crippen LogP contribution in [0.3, 0.4) is 0 Å². The standard InChI is InChI=1S/C18H20ClN5O3S/c1-9-11(10(2)24-17(20-9)22-18(23-24)28-5)6-16(25)21-13-8-14(26-3)12(19)7-15(13)27-4/h7-8H,6H2,1-5H3,(H,21,25). The van der Waals surface area contributed by atoms with Gasteiger partial charge in [-0.3, -0.25) is 4.79 Å². The van der Waals surface area contributed by atoms with Crippen molar-refractivity contribution in [1.29, 1.82) is 0 Å². The molecule has 1 aromatic carbocycles. The van der Waals surface area contributed by atoms with Gasteiger partial charge in [-0.15, -0.1) is 5.10 Å². The number of methoxy groups -OCH3 is 2. The van der Waals surface area contributed by atoms with Crippen LogP contribution in [0.15, 0.2) is 17.3 Å². The molecule has 0 saturated carbocycles. The zero-order chi connectivity index (χ0) is 20.4. The lowest BCUT2D eigenvalue weighted by molar-refractivity contribution is -0.115. The number of ether oxygens (including phenoxy) is 2. The number of thioether (sulfide) groups is 1. The summed E-state index contributed by atoms with van der Waals surface area (Å²) in [4.78, 5) is 21.5. The number of rotatable bonds is 6. The number of benzene rings is 1. The van der Waals surface area contributed by atoms with Gasteiger partial charge in [0.05, 0.1) is 31.4 Å². The fraction of sp³-hybridized carbons (Fsp3) is 0.333. The van der Waals surface area contributed by atoms with Crippen LogP contribution in [-0.4, -0.2) is 46.0 Å². The van der Waals surface area contributed by atoms with E-state index >= 15 is 0 Å². The molecule has 10 heteroatoms. The van der Waals surface area contributed by atoms with Crippen LogP contribution >= 0.6 is 23.4 Å². The van der Waals surface area contributed by atoms with Crippen LogP contribution in [0.1, 0.15) is 17.0 Å². The molecule has 0 unspecified atom stereocenters. The second-order valence-corrected chi connectivity index (χ2v) is 7.16. The summed E-state index contributed by atoms with van der Waals surface area (Å²) >= 11 is 7.55. The van der Waals surface area contributed by atoms with Crippen molar-refractivity contribution in [3.05, 3.63) is 34.1 Å². The lowest BCUT2D eigenvalue weighted by atomic mass is 10.1.